The molecule has 5 nitrogen and oxygen atoms in total. The number of aliphatic hydroxyl groups excluding tert-OH is 1. The molecule has 0 radical (unpaired) electrons. The fraction of sp³-hybridized carbons (Fsp3) is 0.412. The molecule has 0 atom stereocenters. The highest BCUT2D eigenvalue weighted by Crippen LogP contribution is 2.25. The SMILES string of the molecule is COc1ccc(OC)c(CN(CCO)Cc2ccn(C)c2)c1. The summed E-state index contributed by atoms with van der Waals surface area (Å²) >= 11 is 0. The molecule has 1 aromatic carbocycles. The van der Waals surface area contributed by atoms with Crippen molar-refractivity contribution in [1.29, 1.82) is 0 Å². The van der Waals surface area contributed by atoms with E-state index in [9.17, 15) is 5.11 Å². The van der Waals surface area contributed by atoms with Gasteiger partial charge in [0.1, 0.15) is 11.5 Å². The topological polar surface area (TPSA) is 46.9 Å². The first-order valence-electron chi connectivity index (χ1n) is 7.31. The zero-order valence-corrected chi connectivity index (χ0v) is 13.5. The van der Waals surface area contributed by atoms with Crippen LogP contribution >= 0.6 is 0 Å². The number of aliphatic hydroxyl groups is 1. The minimum atomic E-state index is 0.124. The average Bonchev–Trinajstić information content (AvgIpc) is 2.92. The fourth-order valence-electron chi connectivity index (χ4n) is 2.51. The number of rotatable bonds is 8. The van der Waals surface area contributed by atoms with Crippen molar-refractivity contribution in [3.05, 3.63) is 47.8 Å². The monoisotopic (exact) mass is 304 g/mol. The van der Waals surface area contributed by atoms with Gasteiger partial charge in [-0.2, -0.15) is 0 Å². The summed E-state index contributed by atoms with van der Waals surface area (Å²) in [7, 11) is 5.32. The van der Waals surface area contributed by atoms with E-state index in [4.69, 9.17) is 9.47 Å². The maximum Gasteiger partial charge on any atom is 0.123 e. The van der Waals surface area contributed by atoms with Gasteiger partial charge in [0, 0.05) is 44.6 Å². The number of benzene rings is 1. The van der Waals surface area contributed by atoms with Gasteiger partial charge >= 0.3 is 0 Å². The first kappa shape index (κ1) is 16.4. The Bertz CT molecular complexity index is 595. The van der Waals surface area contributed by atoms with Crippen LogP contribution in [-0.4, -0.2) is 41.9 Å². The molecule has 0 saturated heterocycles. The second kappa shape index (κ2) is 7.87. The van der Waals surface area contributed by atoms with Crippen molar-refractivity contribution in [3.63, 3.8) is 0 Å². The Kier molecular flexibility index (Phi) is 5.86. The van der Waals surface area contributed by atoms with Crippen LogP contribution in [0.2, 0.25) is 0 Å². The van der Waals surface area contributed by atoms with Gasteiger partial charge in [0.25, 0.3) is 0 Å². The summed E-state index contributed by atoms with van der Waals surface area (Å²) in [6.07, 6.45) is 4.12. The molecule has 22 heavy (non-hydrogen) atoms. The number of hydrogen-bond acceptors (Lipinski definition) is 4. The molecule has 0 aliphatic rings. The molecule has 2 rings (SSSR count). The van der Waals surface area contributed by atoms with Gasteiger partial charge in [-0.15, -0.1) is 0 Å². The number of nitrogens with zero attached hydrogens (tertiary/aromatic N) is 2. The Morgan fingerprint density at radius 3 is 2.55 bits per heavy atom. The third-order valence-electron chi connectivity index (χ3n) is 3.60. The summed E-state index contributed by atoms with van der Waals surface area (Å²) in [6, 6.07) is 7.87. The lowest BCUT2D eigenvalue weighted by Gasteiger charge is -2.22. The first-order valence-corrected chi connectivity index (χ1v) is 7.31. The van der Waals surface area contributed by atoms with Crippen molar-refractivity contribution in [3.8, 4) is 11.5 Å². The van der Waals surface area contributed by atoms with Crippen molar-refractivity contribution in [2.45, 2.75) is 13.1 Å². The zero-order chi connectivity index (χ0) is 15.9. The van der Waals surface area contributed by atoms with Crippen LogP contribution in [0.4, 0.5) is 0 Å². The molecule has 0 amide bonds. The molecule has 1 aromatic heterocycles. The van der Waals surface area contributed by atoms with E-state index in [2.05, 4.69) is 17.2 Å². The highest BCUT2D eigenvalue weighted by atomic mass is 16.5. The molecule has 1 N–H and O–H groups in total. The van der Waals surface area contributed by atoms with Crippen LogP contribution in [0.25, 0.3) is 0 Å². The Morgan fingerprint density at radius 1 is 1.14 bits per heavy atom. The molecular formula is C17H24N2O3. The Morgan fingerprint density at radius 2 is 1.95 bits per heavy atom. The Balaban J connectivity index is 2.16. The van der Waals surface area contributed by atoms with E-state index >= 15 is 0 Å². The molecule has 0 aliphatic heterocycles. The van der Waals surface area contributed by atoms with Crippen LogP contribution in [0.5, 0.6) is 11.5 Å². The molecule has 5 heteroatoms. The van der Waals surface area contributed by atoms with Crippen LogP contribution < -0.4 is 9.47 Å². The number of methoxy groups -OCH3 is 2. The summed E-state index contributed by atoms with van der Waals surface area (Å²) in [5.74, 6) is 1.64. The van der Waals surface area contributed by atoms with Crippen LogP contribution in [0.15, 0.2) is 36.7 Å². The average molecular weight is 304 g/mol. The summed E-state index contributed by atoms with van der Waals surface area (Å²) in [5.41, 5.74) is 2.27. The van der Waals surface area contributed by atoms with E-state index in [-0.39, 0.29) is 6.61 Å². The highest BCUT2D eigenvalue weighted by molar-refractivity contribution is 5.40. The van der Waals surface area contributed by atoms with Gasteiger partial charge < -0.3 is 19.1 Å². The smallest absolute Gasteiger partial charge is 0.123 e. The molecule has 0 aliphatic carbocycles. The first-order chi connectivity index (χ1) is 10.7. The van der Waals surface area contributed by atoms with Gasteiger partial charge in [-0.3, -0.25) is 4.90 Å². The van der Waals surface area contributed by atoms with Crippen molar-refractivity contribution in [1.82, 2.24) is 9.47 Å². The number of aryl methyl sites for hydroxylation is 1. The van der Waals surface area contributed by atoms with Crippen LogP contribution in [0, 0.1) is 0 Å². The molecule has 120 valence electrons. The second-order valence-corrected chi connectivity index (χ2v) is 5.30. The zero-order valence-electron chi connectivity index (χ0n) is 13.5. The Hall–Kier alpha value is -1.98. The standard InChI is InChI=1S/C17H24N2O3/c1-18-7-6-14(11-18)12-19(8-9-20)13-15-10-16(21-2)4-5-17(15)22-3/h4-7,10-11,20H,8-9,12-13H2,1-3H3. The lowest BCUT2D eigenvalue weighted by molar-refractivity contribution is 0.182. The van der Waals surface area contributed by atoms with Gasteiger partial charge in [0.15, 0.2) is 0 Å². The lowest BCUT2D eigenvalue weighted by Crippen LogP contribution is -2.26. The van der Waals surface area contributed by atoms with Gasteiger partial charge in [-0.1, -0.05) is 0 Å². The summed E-state index contributed by atoms with van der Waals surface area (Å²) in [4.78, 5) is 2.19. The Labute approximate surface area is 131 Å². The quantitative estimate of drug-likeness (QED) is 0.811. The normalized spacial score (nSPS) is 11.0. The molecule has 0 bridgehead atoms. The van der Waals surface area contributed by atoms with Crippen molar-refractivity contribution < 1.29 is 14.6 Å². The predicted molar refractivity (Wildman–Crippen MR) is 86.2 cm³/mol. The number of hydrogen-bond donors (Lipinski definition) is 1. The van der Waals surface area contributed by atoms with Crippen molar-refractivity contribution >= 4 is 0 Å². The van der Waals surface area contributed by atoms with Gasteiger partial charge in [0.2, 0.25) is 0 Å². The van der Waals surface area contributed by atoms with Gasteiger partial charge in [-0.25, -0.2) is 0 Å². The lowest BCUT2D eigenvalue weighted by atomic mass is 10.1. The van der Waals surface area contributed by atoms with Crippen LogP contribution in [0.1, 0.15) is 11.1 Å². The summed E-state index contributed by atoms with van der Waals surface area (Å²) < 4.78 is 12.7. The predicted octanol–water partition coefficient (Wildman–Crippen LogP) is 2.04. The van der Waals surface area contributed by atoms with Gasteiger partial charge in [-0.05, 0) is 29.8 Å². The van der Waals surface area contributed by atoms with E-state index < -0.39 is 0 Å². The molecule has 0 spiro atoms. The fourth-order valence-corrected chi connectivity index (χ4v) is 2.51. The maximum atomic E-state index is 9.32. The minimum Gasteiger partial charge on any atom is -0.497 e. The molecule has 2 aromatic rings. The number of aromatic nitrogens is 1. The molecule has 0 fully saturated rings. The summed E-state index contributed by atoms with van der Waals surface area (Å²) in [6.45, 7) is 2.20. The molecule has 0 saturated carbocycles. The largest absolute Gasteiger partial charge is 0.497 e. The number of ether oxygens (including phenoxy) is 2. The minimum absolute atomic E-state index is 0.124. The third-order valence-corrected chi connectivity index (χ3v) is 3.60. The summed E-state index contributed by atoms with van der Waals surface area (Å²) in [5, 5.41) is 9.32. The van der Waals surface area contributed by atoms with E-state index in [0.29, 0.717) is 13.1 Å². The van der Waals surface area contributed by atoms with Crippen LogP contribution in [0.3, 0.4) is 0 Å². The van der Waals surface area contributed by atoms with Gasteiger partial charge in [0.05, 0.1) is 20.8 Å². The highest BCUT2D eigenvalue weighted by Gasteiger charge is 2.12. The second-order valence-electron chi connectivity index (χ2n) is 5.30. The molecular weight excluding hydrogens is 280 g/mol. The maximum absolute atomic E-state index is 9.32. The van der Waals surface area contributed by atoms with Crippen molar-refractivity contribution in [2.24, 2.45) is 7.05 Å². The van der Waals surface area contributed by atoms with E-state index in [1.807, 2.05) is 36.0 Å². The van der Waals surface area contributed by atoms with Crippen molar-refractivity contribution in [2.75, 3.05) is 27.4 Å². The molecule has 1 heterocycles. The van der Waals surface area contributed by atoms with E-state index in [0.717, 1.165) is 23.6 Å². The van der Waals surface area contributed by atoms with E-state index in [1.165, 1.54) is 5.56 Å². The van der Waals surface area contributed by atoms with Crippen LogP contribution in [-0.2, 0) is 20.1 Å². The third kappa shape index (κ3) is 4.26. The molecule has 0 unspecified atom stereocenters. The van der Waals surface area contributed by atoms with E-state index in [1.54, 1.807) is 14.2 Å².